The van der Waals surface area contributed by atoms with Crippen LogP contribution in [0.1, 0.15) is 48.0 Å². The fourth-order valence-corrected chi connectivity index (χ4v) is 4.07. The molecule has 0 spiro atoms. The van der Waals surface area contributed by atoms with Gasteiger partial charge in [-0.3, -0.25) is 4.79 Å². The fraction of sp³-hybridized carbons (Fsp3) is 0.588. The van der Waals surface area contributed by atoms with E-state index in [-0.39, 0.29) is 5.91 Å². The third-order valence-corrected chi connectivity index (χ3v) is 5.79. The minimum absolute atomic E-state index is 0.0935. The minimum atomic E-state index is 0.0935. The first kappa shape index (κ1) is 14.8. The second kappa shape index (κ2) is 6.73. The third-order valence-electron chi connectivity index (χ3n) is 4.65. The number of fused-ring (bicyclic) bond motifs is 1. The zero-order valence-corrected chi connectivity index (χ0v) is 13.5. The van der Waals surface area contributed by atoms with Gasteiger partial charge >= 0.3 is 0 Å². The number of aryl methyl sites for hydroxylation is 1. The van der Waals surface area contributed by atoms with Gasteiger partial charge in [0.1, 0.15) is 0 Å². The van der Waals surface area contributed by atoms with Crippen molar-refractivity contribution in [2.24, 2.45) is 0 Å². The third kappa shape index (κ3) is 3.54. The molecular formula is C17H24N2OS. The molecule has 4 heteroatoms. The van der Waals surface area contributed by atoms with Gasteiger partial charge in [-0.2, -0.15) is 11.8 Å². The van der Waals surface area contributed by atoms with Gasteiger partial charge in [0, 0.05) is 29.1 Å². The summed E-state index contributed by atoms with van der Waals surface area (Å²) in [5.74, 6) is 0.0935. The van der Waals surface area contributed by atoms with E-state index in [0.717, 1.165) is 43.0 Å². The van der Waals surface area contributed by atoms with Crippen LogP contribution < -0.4 is 10.6 Å². The Bertz CT molecular complexity index is 510. The van der Waals surface area contributed by atoms with Crippen LogP contribution >= 0.6 is 11.8 Å². The molecule has 1 fully saturated rings. The maximum atomic E-state index is 12.4. The molecule has 0 bridgehead atoms. The van der Waals surface area contributed by atoms with Crippen LogP contribution in [0.15, 0.2) is 18.2 Å². The van der Waals surface area contributed by atoms with Crippen LogP contribution in [0.4, 0.5) is 5.69 Å². The lowest BCUT2D eigenvalue weighted by molar-refractivity contribution is 0.0928. The predicted molar refractivity (Wildman–Crippen MR) is 90.3 cm³/mol. The molecular weight excluding hydrogens is 280 g/mol. The van der Waals surface area contributed by atoms with E-state index >= 15 is 0 Å². The second-order valence-corrected chi connectivity index (χ2v) is 7.22. The normalized spacial score (nSPS) is 24.8. The van der Waals surface area contributed by atoms with Crippen molar-refractivity contribution in [3.8, 4) is 0 Å². The molecule has 3 nitrogen and oxygen atoms in total. The van der Waals surface area contributed by atoms with E-state index in [0.29, 0.717) is 6.04 Å². The average molecular weight is 304 g/mol. The summed E-state index contributed by atoms with van der Waals surface area (Å²) >= 11 is 1.96. The van der Waals surface area contributed by atoms with Gasteiger partial charge in [-0.15, -0.1) is 0 Å². The van der Waals surface area contributed by atoms with Gasteiger partial charge in [0.15, 0.2) is 0 Å². The molecule has 0 unspecified atom stereocenters. The number of hydrogen-bond donors (Lipinski definition) is 2. The summed E-state index contributed by atoms with van der Waals surface area (Å²) in [7, 11) is 0. The predicted octanol–water partition coefficient (Wildman–Crippen LogP) is 3.45. The molecule has 1 aromatic rings. The van der Waals surface area contributed by atoms with Crippen molar-refractivity contribution in [2.45, 2.75) is 49.8 Å². The number of hydrogen-bond acceptors (Lipinski definition) is 3. The maximum absolute atomic E-state index is 12.4. The zero-order chi connectivity index (χ0) is 14.7. The molecule has 1 aliphatic carbocycles. The Morgan fingerprint density at radius 2 is 2.10 bits per heavy atom. The van der Waals surface area contributed by atoms with Crippen molar-refractivity contribution in [3.63, 3.8) is 0 Å². The number of anilines is 1. The Morgan fingerprint density at radius 3 is 2.86 bits per heavy atom. The Hall–Kier alpha value is -1.16. The number of rotatable bonds is 3. The van der Waals surface area contributed by atoms with Crippen LogP contribution in [0.3, 0.4) is 0 Å². The quantitative estimate of drug-likeness (QED) is 0.898. The van der Waals surface area contributed by atoms with Crippen molar-refractivity contribution in [1.29, 1.82) is 0 Å². The van der Waals surface area contributed by atoms with E-state index in [4.69, 9.17) is 0 Å². The minimum Gasteiger partial charge on any atom is -0.385 e. The number of carbonyl (C=O) groups is 1. The van der Waals surface area contributed by atoms with Crippen molar-refractivity contribution >= 4 is 23.4 Å². The Balaban J connectivity index is 1.60. The summed E-state index contributed by atoms with van der Waals surface area (Å²) < 4.78 is 0. The van der Waals surface area contributed by atoms with E-state index in [1.807, 2.05) is 23.9 Å². The van der Waals surface area contributed by atoms with Crippen molar-refractivity contribution in [1.82, 2.24) is 5.32 Å². The zero-order valence-electron chi connectivity index (χ0n) is 12.7. The van der Waals surface area contributed by atoms with E-state index in [1.165, 1.54) is 24.1 Å². The molecule has 1 saturated carbocycles. The topological polar surface area (TPSA) is 41.1 Å². The highest BCUT2D eigenvalue weighted by Gasteiger charge is 2.22. The fourth-order valence-electron chi connectivity index (χ4n) is 3.33. The van der Waals surface area contributed by atoms with Gasteiger partial charge in [-0.25, -0.2) is 0 Å². The molecule has 21 heavy (non-hydrogen) atoms. The molecule has 2 N–H and O–H groups in total. The standard InChI is InChI=1S/C17H24N2OS/c1-21-15-7-5-14(6-8-15)19-17(20)13-4-9-16-12(11-13)3-2-10-18-16/h4,9,11,14-15,18H,2-3,5-8,10H2,1H3,(H,19,20). The molecule has 3 rings (SSSR count). The highest BCUT2D eigenvalue weighted by atomic mass is 32.2. The lowest BCUT2D eigenvalue weighted by atomic mass is 9.94. The van der Waals surface area contributed by atoms with Crippen LogP contribution in [0.5, 0.6) is 0 Å². The maximum Gasteiger partial charge on any atom is 0.251 e. The van der Waals surface area contributed by atoms with Gasteiger partial charge < -0.3 is 10.6 Å². The monoisotopic (exact) mass is 304 g/mol. The smallest absolute Gasteiger partial charge is 0.251 e. The van der Waals surface area contributed by atoms with Gasteiger partial charge in [0.25, 0.3) is 5.91 Å². The first-order valence-corrected chi connectivity index (χ1v) is 9.25. The first-order chi connectivity index (χ1) is 10.3. The molecule has 2 aliphatic rings. The molecule has 0 aromatic heterocycles. The molecule has 0 atom stereocenters. The largest absolute Gasteiger partial charge is 0.385 e. The molecule has 1 aliphatic heterocycles. The Kier molecular flexibility index (Phi) is 4.73. The molecule has 0 radical (unpaired) electrons. The van der Waals surface area contributed by atoms with Crippen LogP contribution in [-0.2, 0) is 6.42 Å². The highest BCUT2D eigenvalue weighted by Crippen LogP contribution is 2.27. The van der Waals surface area contributed by atoms with E-state index in [9.17, 15) is 4.79 Å². The summed E-state index contributed by atoms with van der Waals surface area (Å²) in [5.41, 5.74) is 3.28. The van der Waals surface area contributed by atoms with Gasteiger partial charge in [-0.1, -0.05) is 0 Å². The van der Waals surface area contributed by atoms with Crippen LogP contribution in [0, 0.1) is 0 Å². The summed E-state index contributed by atoms with van der Waals surface area (Å²) in [4.78, 5) is 12.4. The Morgan fingerprint density at radius 1 is 1.29 bits per heavy atom. The van der Waals surface area contributed by atoms with Gasteiger partial charge in [-0.05, 0) is 68.5 Å². The highest BCUT2D eigenvalue weighted by molar-refractivity contribution is 7.99. The van der Waals surface area contributed by atoms with Crippen LogP contribution in [0.2, 0.25) is 0 Å². The molecule has 114 valence electrons. The molecule has 1 aromatic carbocycles. The lowest BCUT2D eigenvalue weighted by Crippen LogP contribution is -2.38. The lowest BCUT2D eigenvalue weighted by Gasteiger charge is -2.28. The first-order valence-electron chi connectivity index (χ1n) is 7.96. The van der Waals surface area contributed by atoms with Crippen molar-refractivity contribution in [3.05, 3.63) is 29.3 Å². The van der Waals surface area contributed by atoms with Crippen molar-refractivity contribution in [2.75, 3.05) is 18.1 Å². The average Bonchev–Trinajstić information content (AvgIpc) is 2.55. The molecule has 1 heterocycles. The van der Waals surface area contributed by atoms with Crippen LogP contribution in [0.25, 0.3) is 0 Å². The van der Waals surface area contributed by atoms with Gasteiger partial charge in [0.2, 0.25) is 0 Å². The second-order valence-electron chi connectivity index (χ2n) is 6.09. The Labute approximate surface area is 131 Å². The van der Waals surface area contributed by atoms with E-state index < -0.39 is 0 Å². The number of nitrogens with one attached hydrogen (secondary N) is 2. The number of benzene rings is 1. The number of thioether (sulfide) groups is 1. The number of carbonyl (C=O) groups excluding carboxylic acids is 1. The van der Waals surface area contributed by atoms with E-state index in [1.54, 1.807) is 0 Å². The summed E-state index contributed by atoms with van der Waals surface area (Å²) in [6.07, 6.45) is 9.08. The molecule has 1 amide bonds. The SMILES string of the molecule is CSC1CCC(NC(=O)c2ccc3c(c2)CCCN3)CC1. The number of amides is 1. The van der Waals surface area contributed by atoms with Crippen LogP contribution in [-0.4, -0.2) is 30.0 Å². The summed E-state index contributed by atoms with van der Waals surface area (Å²) in [6, 6.07) is 6.41. The van der Waals surface area contributed by atoms with Crippen molar-refractivity contribution < 1.29 is 4.79 Å². The van der Waals surface area contributed by atoms with Gasteiger partial charge in [0.05, 0.1) is 0 Å². The van der Waals surface area contributed by atoms with E-state index in [2.05, 4.69) is 23.0 Å². The summed E-state index contributed by atoms with van der Waals surface area (Å²) in [5, 5.41) is 7.39. The summed E-state index contributed by atoms with van der Waals surface area (Å²) in [6.45, 7) is 1.04. The molecule has 0 saturated heterocycles.